The topological polar surface area (TPSA) is 176 Å². The number of nitro groups is 2. The highest BCUT2D eigenvalue weighted by molar-refractivity contribution is 5.96. The largest absolute Gasteiger partial charge is 0.369 e. The van der Waals surface area contributed by atoms with E-state index in [-0.39, 0.29) is 17.8 Å². The molecule has 2 rings (SSSR count). The van der Waals surface area contributed by atoms with Gasteiger partial charge >= 0.3 is 0 Å². The summed E-state index contributed by atoms with van der Waals surface area (Å²) in [5.41, 5.74) is 8.56. The van der Waals surface area contributed by atoms with Crippen LogP contribution in [0, 0.1) is 26.1 Å². The van der Waals surface area contributed by atoms with E-state index < -0.39 is 39.0 Å². The molecule has 0 aromatic heterocycles. The number of hydrogen-bond acceptors (Lipinski definition) is 7. The highest BCUT2D eigenvalue weighted by Crippen LogP contribution is 2.40. The Morgan fingerprint density at radius 2 is 1.67 bits per heavy atom. The normalized spacial score (nSPS) is 17.3. The van der Waals surface area contributed by atoms with E-state index in [0.29, 0.717) is 19.4 Å². The maximum Gasteiger partial charge on any atom is 0.300 e. The number of primary amides is 2. The molecule has 128 valence electrons. The van der Waals surface area contributed by atoms with Gasteiger partial charge in [0.2, 0.25) is 11.8 Å². The summed E-state index contributed by atoms with van der Waals surface area (Å²) in [5, 5.41) is 22.7. The first-order chi connectivity index (χ1) is 11.2. The smallest absolute Gasteiger partial charge is 0.300 e. The fourth-order valence-electron chi connectivity index (χ4n) is 2.76. The minimum absolute atomic E-state index is 0.0347. The average Bonchev–Trinajstić information content (AvgIpc) is 2.53. The Hall–Kier alpha value is -3.24. The molecule has 1 fully saturated rings. The number of carbonyl (C=O) groups excluding carboxylic acids is 2. The molecule has 4 N–H and O–H groups in total. The zero-order chi connectivity index (χ0) is 18.0. The summed E-state index contributed by atoms with van der Waals surface area (Å²) < 4.78 is 0. The van der Waals surface area contributed by atoms with Crippen molar-refractivity contribution in [3.8, 4) is 0 Å². The molecular weight excluding hydrogens is 322 g/mol. The van der Waals surface area contributed by atoms with Crippen LogP contribution in [0.2, 0.25) is 0 Å². The van der Waals surface area contributed by atoms with Gasteiger partial charge in [-0.15, -0.1) is 0 Å². The standard InChI is InChI=1S/C13H15N5O6/c14-12(19)7-2-1-3-16(6-7)11-9(17(21)22)4-8(13(15)20)5-10(11)18(23)24/h4-5,7H,1-3,6H2,(H2,14,19)(H2,15,20). The zero-order valence-electron chi connectivity index (χ0n) is 12.5. The zero-order valence-corrected chi connectivity index (χ0v) is 12.5. The Kier molecular flexibility index (Phi) is 4.62. The van der Waals surface area contributed by atoms with Crippen LogP contribution in [0.4, 0.5) is 17.1 Å². The number of hydrogen-bond donors (Lipinski definition) is 2. The van der Waals surface area contributed by atoms with Crippen molar-refractivity contribution in [1.82, 2.24) is 0 Å². The molecule has 0 spiro atoms. The molecule has 0 aliphatic carbocycles. The highest BCUT2D eigenvalue weighted by Gasteiger charge is 2.35. The summed E-state index contributed by atoms with van der Waals surface area (Å²) >= 11 is 0. The lowest BCUT2D eigenvalue weighted by Crippen LogP contribution is -2.41. The Morgan fingerprint density at radius 3 is 2.08 bits per heavy atom. The lowest BCUT2D eigenvalue weighted by Gasteiger charge is -2.32. The molecule has 1 aromatic carbocycles. The molecule has 1 atom stereocenters. The van der Waals surface area contributed by atoms with Gasteiger partial charge in [0.05, 0.1) is 21.3 Å². The first-order valence-electron chi connectivity index (χ1n) is 7.03. The monoisotopic (exact) mass is 337 g/mol. The van der Waals surface area contributed by atoms with Crippen LogP contribution in [0.5, 0.6) is 0 Å². The predicted molar refractivity (Wildman–Crippen MR) is 82.4 cm³/mol. The van der Waals surface area contributed by atoms with Gasteiger partial charge in [0, 0.05) is 25.2 Å². The fraction of sp³-hybridized carbons (Fsp3) is 0.385. The summed E-state index contributed by atoms with van der Waals surface area (Å²) in [7, 11) is 0. The maximum absolute atomic E-state index is 11.4. The summed E-state index contributed by atoms with van der Waals surface area (Å²) in [4.78, 5) is 45.1. The number of nitro benzene ring substituents is 2. The van der Waals surface area contributed by atoms with Crippen molar-refractivity contribution in [3.05, 3.63) is 37.9 Å². The van der Waals surface area contributed by atoms with Gasteiger partial charge in [0.15, 0.2) is 5.69 Å². The van der Waals surface area contributed by atoms with Crippen LogP contribution in [-0.2, 0) is 4.79 Å². The SMILES string of the molecule is NC(=O)c1cc([N+](=O)[O-])c(N2CCCC(C(N)=O)C2)c([N+](=O)[O-])c1. The molecule has 0 radical (unpaired) electrons. The van der Waals surface area contributed by atoms with Gasteiger partial charge in [-0.25, -0.2) is 0 Å². The van der Waals surface area contributed by atoms with Gasteiger partial charge in [-0.3, -0.25) is 29.8 Å². The van der Waals surface area contributed by atoms with Gasteiger partial charge in [0.25, 0.3) is 11.4 Å². The second-order valence-corrected chi connectivity index (χ2v) is 5.43. The van der Waals surface area contributed by atoms with Crippen molar-refractivity contribution in [2.24, 2.45) is 17.4 Å². The molecule has 1 heterocycles. The van der Waals surface area contributed by atoms with E-state index in [2.05, 4.69) is 0 Å². The fourth-order valence-corrected chi connectivity index (χ4v) is 2.76. The number of rotatable bonds is 5. The third kappa shape index (κ3) is 3.24. The lowest BCUT2D eigenvalue weighted by molar-refractivity contribution is -0.392. The molecule has 1 aliphatic rings. The molecule has 1 aliphatic heterocycles. The van der Waals surface area contributed by atoms with Crippen LogP contribution in [0.25, 0.3) is 0 Å². The highest BCUT2D eigenvalue weighted by atomic mass is 16.6. The van der Waals surface area contributed by atoms with Crippen LogP contribution < -0.4 is 16.4 Å². The van der Waals surface area contributed by atoms with E-state index in [1.807, 2.05) is 0 Å². The Balaban J connectivity index is 2.62. The number of nitrogens with zero attached hydrogens (tertiary/aromatic N) is 3. The summed E-state index contributed by atoms with van der Waals surface area (Å²) in [6.45, 7) is 0.328. The van der Waals surface area contributed by atoms with E-state index in [0.717, 1.165) is 12.1 Å². The van der Waals surface area contributed by atoms with Gasteiger partial charge in [0.1, 0.15) is 0 Å². The van der Waals surface area contributed by atoms with Gasteiger partial charge < -0.3 is 16.4 Å². The molecule has 0 bridgehead atoms. The van der Waals surface area contributed by atoms with Crippen LogP contribution >= 0.6 is 0 Å². The van der Waals surface area contributed by atoms with Crippen LogP contribution in [0.15, 0.2) is 12.1 Å². The van der Waals surface area contributed by atoms with Crippen LogP contribution in [0.3, 0.4) is 0 Å². The van der Waals surface area contributed by atoms with Crippen LogP contribution in [0.1, 0.15) is 23.2 Å². The number of carbonyl (C=O) groups is 2. The van der Waals surface area contributed by atoms with Gasteiger partial charge in [-0.1, -0.05) is 0 Å². The quantitative estimate of drug-likeness (QED) is 0.573. The minimum Gasteiger partial charge on any atom is -0.369 e. The number of piperidine rings is 1. The second-order valence-electron chi connectivity index (χ2n) is 5.43. The van der Waals surface area contributed by atoms with E-state index in [1.54, 1.807) is 0 Å². The Bertz CT molecular complexity index is 699. The number of anilines is 1. The van der Waals surface area contributed by atoms with E-state index >= 15 is 0 Å². The lowest BCUT2D eigenvalue weighted by atomic mass is 9.96. The minimum atomic E-state index is -1.01. The number of nitrogens with two attached hydrogens (primary N) is 2. The molecule has 1 unspecified atom stereocenters. The van der Waals surface area contributed by atoms with Crippen molar-refractivity contribution in [3.63, 3.8) is 0 Å². The third-order valence-electron chi connectivity index (χ3n) is 3.89. The molecule has 1 saturated heterocycles. The molecule has 24 heavy (non-hydrogen) atoms. The second kappa shape index (κ2) is 6.48. The van der Waals surface area contributed by atoms with Crippen molar-refractivity contribution in [2.45, 2.75) is 12.8 Å². The molecule has 2 amide bonds. The molecule has 11 nitrogen and oxygen atoms in total. The van der Waals surface area contributed by atoms with Crippen molar-refractivity contribution in [2.75, 3.05) is 18.0 Å². The van der Waals surface area contributed by atoms with Crippen molar-refractivity contribution in [1.29, 1.82) is 0 Å². The summed E-state index contributed by atoms with van der Waals surface area (Å²) in [6.07, 6.45) is 1.01. The molecule has 11 heteroatoms. The molecular formula is C13H15N5O6. The number of amides is 2. The maximum atomic E-state index is 11.4. The third-order valence-corrected chi connectivity index (χ3v) is 3.89. The van der Waals surface area contributed by atoms with E-state index in [4.69, 9.17) is 11.5 Å². The van der Waals surface area contributed by atoms with Crippen molar-refractivity contribution >= 4 is 28.9 Å². The molecule has 0 saturated carbocycles. The van der Waals surface area contributed by atoms with E-state index in [1.165, 1.54) is 4.90 Å². The van der Waals surface area contributed by atoms with Gasteiger partial charge in [-0.05, 0) is 12.8 Å². The summed E-state index contributed by atoms with van der Waals surface area (Å²) in [6, 6.07) is 1.80. The first-order valence-corrected chi connectivity index (χ1v) is 7.03. The Labute approximate surface area is 135 Å². The van der Waals surface area contributed by atoms with Crippen molar-refractivity contribution < 1.29 is 19.4 Å². The van der Waals surface area contributed by atoms with E-state index in [9.17, 15) is 29.8 Å². The molecule has 1 aromatic rings. The Morgan fingerprint density at radius 1 is 1.12 bits per heavy atom. The van der Waals surface area contributed by atoms with Gasteiger partial charge in [-0.2, -0.15) is 0 Å². The van der Waals surface area contributed by atoms with Crippen LogP contribution in [-0.4, -0.2) is 34.8 Å². The predicted octanol–water partition coefficient (Wildman–Crippen LogP) is 0.304. The average molecular weight is 337 g/mol. The first kappa shape index (κ1) is 17.1. The number of benzene rings is 1. The summed E-state index contributed by atoms with van der Waals surface area (Å²) in [5.74, 6) is -2.14.